The summed E-state index contributed by atoms with van der Waals surface area (Å²) in [6.07, 6.45) is 5.35. The van der Waals surface area contributed by atoms with E-state index in [1.807, 2.05) is 18.3 Å². The maximum absolute atomic E-state index is 6.09. The van der Waals surface area contributed by atoms with Crippen molar-refractivity contribution in [2.45, 2.75) is 38.5 Å². The van der Waals surface area contributed by atoms with Gasteiger partial charge in [0, 0.05) is 23.0 Å². The highest BCUT2D eigenvalue weighted by Crippen LogP contribution is 2.42. The van der Waals surface area contributed by atoms with Crippen LogP contribution in [-0.2, 0) is 5.41 Å². The van der Waals surface area contributed by atoms with Crippen LogP contribution in [0.4, 0.5) is 5.69 Å². The quantitative estimate of drug-likeness (QED) is 0.430. The topological polar surface area (TPSA) is 63.3 Å². The molecule has 1 aliphatic carbocycles. The monoisotopic (exact) mass is 436 g/mol. The molecule has 0 spiro atoms. The Morgan fingerprint density at radius 3 is 2.46 bits per heavy atom. The van der Waals surface area contributed by atoms with Crippen molar-refractivity contribution < 1.29 is 0 Å². The number of nitrogens with zero attached hydrogens (tertiary/aromatic N) is 2. The van der Waals surface area contributed by atoms with Crippen LogP contribution in [0, 0.1) is 13.8 Å². The standard InChI is InChI=1S/C19H24N4.HI/c1-14-10-15(2)12-16(11-14)23-18(20)22-13-19(7-5-8-19)17-6-3-4-9-21-17;/h3-4,6,9-12H,5,7-8,13H2,1-2H3,(H3,20,22,23);1H. The Kier molecular flexibility index (Phi) is 6.21. The van der Waals surface area contributed by atoms with E-state index in [4.69, 9.17) is 5.73 Å². The lowest BCUT2D eigenvalue weighted by Gasteiger charge is -2.40. The third-order valence-electron chi connectivity index (χ3n) is 4.57. The van der Waals surface area contributed by atoms with Gasteiger partial charge in [0.05, 0.1) is 6.54 Å². The molecule has 1 heterocycles. The molecule has 1 aromatic carbocycles. The summed E-state index contributed by atoms with van der Waals surface area (Å²) in [6.45, 7) is 4.85. The molecule has 1 fully saturated rings. The summed E-state index contributed by atoms with van der Waals surface area (Å²) in [5.41, 5.74) is 10.7. The molecular formula is C19H25IN4. The minimum Gasteiger partial charge on any atom is -0.370 e. The minimum atomic E-state index is 0. The summed E-state index contributed by atoms with van der Waals surface area (Å²) in [4.78, 5) is 9.12. The maximum atomic E-state index is 6.09. The van der Waals surface area contributed by atoms with Crippen LogP contribution in [0.5, 0.6) is 0 Å². The van der Waals surface area contributed by atoms with Crippen molar-refractivity contribution in [2.24, 2.45) is 10.7 Å². The number of benzene rings is 1. The summed E-state index contributed by atoms with van der Waals surface area (Å²) in [5.74, 6) is 0.470. The number of hydrogen-bond acceptors (Lipinski definition) is 2. The van der Waals surface area contributed by atoms with Crippen LogP contribution in [0.1, 0.15) is 36.1 Å². The third-order valence-corrected chi connectivity index (χ3v) is 4.57. The Hall–Kier alpha value is -1.63. The van der Waals surface area contributed by atoms with Gasteiger partial charge in [-0.1, -0.05) is 18.6 Å². The number of aromatic nitrogens is 1. The molecule has 3 N–H and O–H groups in total. The second kappa shape index (κ2) is 7.96. The largest absolute Gasteiger partial charge is 0.370 e. The van der Waals surface area contributed by atoms with E-state index in [2.05, 4.69) is 53.4 Å². The lowest BCUT2D eigenvalue weighted by molar-refractivity contribution is 0.246. The van der Waals surface area contributed by atoms with Crippen molar-refractivity contribution in [3.63, 3.8) is 0 Å². The van der Waals surface area contributed by atoms with E-state index < -0.39 is 0 Å². The van der Waals surface area contributed by atoms with Crippen LogP contribution in [0.2, 0.25) is 0 Å². The number of nitrogens with two attached hydrogens (primary N) is 1. The minimum absolute atomic E-state index is 0. The van der Waals surface area contributed by atoms with Crippen molar-refractivity contribution >= 4 is 35.6 Å². The fourth-order valence-electron chi connectivity index (χ4n) is 3.25. The highest BCUT2D eigenvalue weighted by molar-refractivity contribution is 14.0. The molecule has 0 bridgehead atoms. The van der Waals surface area contributed by atoms with Gasteiger partial charge >= 0.3 is 0 Å². The van der Waals surface area contributed by atoms with Gasteiger partial charge < -0.3 is 11.1 Å². The smallest absolute Gasteiger partial charge is 0.193 e. The molecule has 128 valence electrons. The molecule has 2 aromatic rings. The second-order valence-electron chi connectivity index (χ2n) is 6.55. The summed E-state index contributed by atoms with van der Waals surface area (Å²) in [7, 11) is 0. The van der Waals surface area contributed by atoms with Crippen molar-refractivity contribution in [1.82, 2.24) is 4.98 Å². The van der Waals surface area contributed by atoms with Gasteiger partial charge in [-0.2, -0.15) is 0 Å². The number of pyridine rings is 1. The molecule has 4 nitrogen and oxygen atoms in total. The Morgan fingerprint density at radius 2 is 1.92 bits per heavy atom. The van der Waals surface area contributed by atoms with Gasteiger partial charge in [-0.25, -0.2) is 0 Å². The highest BCUT2D eigenvalue weighted by atomic mass is 127. The summed E-state index contributed by atoms with van der Waals surface area (Å²) >= 11 is 0. The number of hydrogen-bond donors (Lipinski definition) is 2. The van der Waals surface area contributed by atoms with Gasteiger partial charge in [0.25, 0.3) is 0 Å². The van der Waals surface area contributed by atoms with Crippen LogP contribution >= 0.6 is 24.0 Å². The number of anilines is 1. The molecule has 0 aliphatic heterocycles. The van der Waals surface area contributed by atoms with Crippen molar-refractivity contribution in [2.75, 3.05) is 11.9 Å². The van der Waals surface area contributed by atoms with Crippen LogP contribution < -0.4 is 11.1 Å². The van der Waals surface area contributed by atoms with Crippen molar-refractivity contribution in [3.8, 4) is 0 Å². The average molecular weight is 436 g/mol. The van der Waals surface area contributed by atoms with Crippen LogP contribution in [0.25, 0.3) is 0 Å². The number of nitrogens with one attached hydrogen (secondary N) is 1. The first-order valence-corrected chi connectivity index (χ1v) is 8.14. The van der Waals surface area contributed by atoms with Gasteiger partial charge in [0.2, 0.25) is 0 Å². The Balaban J connectivity index is 0.00000208. The van der Waals surface area contributed by atoms with Gasteiger partial charge in [-0.15, -0.1) is 24.0 Å². The molecule has 5 heteroatoms. The normalized spacial score (nSPS) is 16.0. The van der Waals surface area contributed by atoms with Crippen molar-refractivity contribution in [3.05, 3.63) is 59.4 Å². The van der Waals surface area contributed by atoms with Gasteiger partial charge in [-0.3, -0.25) is 9.98 Å². The van der Waals surface area contributed by atoms with Crippen LogP contribution in [0.15, 0.2) is 47.6 Å². The molecule has 1 aliphatic rings. The Labute approximate surface area is 161 Å². The zero-order valence-electron chi connectivity index (χ0n) is 14.2. The SMILES string of the molecule is Cc1cc(C)cc(NC(N)=NCC2(c3ccccn3)CCC2)c1.I. The third kappa shape index (κ3) is 4.26. The molecule has 24 heavy (non-hydrogen) atoms. The molecule has 1 aromatic heterocycles. The molecular weight excluding hydrogens is 411 g/mol. The first-order chi connectivity index (χ1) is 11.1. The predicted molar refractivity (Wildman–Crippen MR) is 111 cm³/mol. The number of guanidine groups is 1. The van der Waals surface area contributed by atoms with E-state index in [0.717, 1.165) is 24.2 Å². The van der Waals surface area contributed by atoms with E-state index in [9.17, 15) is 0 Å². The first-order valence-electron chi connectivity index (χ1n) is 8.14. The molecule has 0 radical (unpaired) electrons. The average Bonchev–Trinajstić information content (AvgIpc) is 2.46. The summed E-state index contributed by atoms with van der Waals surface area (Å²) in [6, 6.07) is 12.4. The lowest BCUT2D eigenvalue weighted by Crippen LogP contribution is -2.39. The first kappa shape index (κ1) is 18.7. The fraction of sp³-hybridized carbons (Fsp3) is 0.368. The van der Waals surface area contributed by atoms with Crippen LogP contribution in [0.3, 0.4) is 0 Å². The van der Waals surface area contributed by atoms with E-state index in [-0.39, 0.29) is 29.4 Å². The van der Waals surface area contributed by atoms with Crippen LogP contribution in [-0.4, -0.2) is 17.5 Å². The predicted octanol–water partition coefficient (Wildman–Crippen LogP) is 4.16. The van der Waals surface area contributed by atoms with Gasteiger partial charge in [0.15, 0.2) is 5.96 Å². The number of rotatable bonds is 4. The van der Waals surface area contributed by atoms with E-state index in [0.29, 0.717) is 12.5 Å². The fourth-order valence-corrected chi connectivity index (χ4v) is 3.25. The highest BCUT2D eigenvalue weighted by Gasteiger charge is 2.39. The Morgan fingerprint density at radius 1 is 1.21 bits per heavy atom. The zero-order chi connectivity index (χ0) is 16.3. The number of aryl methyl sites for hydroxylation is 2. The molecule has 0 unspecified atom stereocenters. The Bertz CT molecular complexity index is 688. The van der Waals surface area contributed by atoms with Gasteiger partial charge in [0.1, 0.15) is 0 Å². The van der Waals surface area contributed by atoms with E-state index in [1.54, 1.807) is 0 Å². The molecule has 0 amide bonds. The molecule has 0 atom stereocenters. The molecule has 1 saturated carbocycles. The van der Waals surface area contributed by atoms with Gasteiger partial charge in [-0.05, 0) is 62.1 Å². The molecule has 0 saturated heterocycles. The molecule has 3 rings (SSSR count). The number of aliphatic imine (C=N–C) groups is 1. The van der Waals surface area contributed by atoms with E-state index >= 15 is 0 Å². The summed E-state index contributed by atoms with van der Waals surface area (Å²) < 4.78 is 0. The number of halogens is 1. The zero-order valence-corrected chi connectivity index (χ0v) is 16.6. The lowest BCUT2D eigenvalue weighted by atomic mass is 9.66. The van der Waals surface area contributed by atoms with Crippen molar-refractivity contribution in [1.29, 1.82) is 0 Å². The second-order valence-corrected chi connectivity index (χ2v) is 6.55. The van der Waals surface area contributed by atoms with E-state index in [1.165, 1.54) is 17.5 Å². The summed E-state index contributed by atoms with van der Waals surface area (Å²) in [5, 5.41) is 3.20. The maximum Gasteiger partial charge on any atom is 0.193 e.